The highest BCUT2D eigenvalue weighted by Gasteiger charge is 2.32. The van der Waals surface area contributed by atoms with E-state index in [0.29, 0.717) is 16.8 Å². The third-order valence-corrected chi connectivity index (χ3v) is 4.21. The van der Waals surface area contributed by atoms with Crippen LogP contribution in [0.2, 0.25) is 0 Å². The molecule has 28 heavy (non-hydrogen) atoms. The highest BCUT2D eigenvalue weighted by Crippen LogP contribution is 2.33. The summed E-state index contributed by atoms with van der Waals surface area (Å²) in [6.45, 7) is 0.879. The average Bonchev–Trinajstić information content (AvgIpc) is 2.65. The molecular formula is C20H17FN2O5. The first-order valence-corrected chi connectivity index (χ1v) is 8.50. The quantitative estimate of drug-likeness (QED) is 0.610. The van der Waals surface area contributed by atoms with Gasteiger partial charge in [-0.1, -0.05) is 6.07 Å². The monoisotopic (exact) mass is 384 g/mol. The lowest BCUT2D eigenvalue weighted by atomic mass is 9.90. The summed E-state index contributed by atoms with van der Waals surface area (Å²) < 4.78 is 18.5. The summed E-state index contributed by atoms with van der Waals surface area (Å²) >= 11 is 0. The van der Waals surface area contributed by atoms with Crippen molar-refractivity contribution in [2.24, 2.45) is 0 Å². The van der Waals surface area contributed by atoms with Crippen LogP contribution in [0.15, 0.2) is 42.5 Å². The van der Waals surface area contributed by atoms with Crippen molar-refractivity contribution in [3.05, 3.63) is 59.4 Å². The highest BCUT2D eigenvalue weighted by atomic mass is 19.1. The molecule has 2 aromatic rings. The molecule has 2 amide bonds. The van der Waals surface area contributed by atoms with Gasteiger partial charge >= 0.3 is 5.97 Å². The van der Waals surface area contributed by atoms with Crippen LogP contribution in [0.25, 0.3) is 0 Å². The number of benzene rings is 2. The highest BCUT2D eigenvalue weighted by molar-refractivity contribution is 6.01. The van der Waals surface area contributed by atoms with E-state index in [0.717, 1.165) is 6.07 Å². The van der Waals surface area contributed by atoms with Gasteiger partial charge in [0.05, 0.1) is 5.92 Å². The third-order valence-electron chi connectivity index (χ3n) is 4.21. The minimum absolute atomic E-state index is 0.142. The Bertz CT molecular complexity index is 956. The van der Waals surface area contributed by atoms with Gasteiger partial charge in [0.1, 0.15) is 5.82 Å². The van der Waals surface area contributed by atoms with Crippen molar-refractivity contribution in [1.29, 1.82) is 0 Å². The molecule has 8 heteroatoms. The Balaban J connectivity index is 1.65. The molecular weight excluding hydrogens is 367 g/mol. The van der Waals surface area contributed by atoms with E-state index in [9.17, 15) is 23.6 Å². The fraction of sp³-hybridized carbons (Fsp3) is 0.200. The van der Waals surface area contributed by atoms with Crippen molar-refractivity contribution in [1.82, 2.24) is 0 Å². The van der Waals surface area contributed by atoms with E-state index in [4.69, 9.17) is 4.74 Å². The molecule has 2 N–H and O–H groups in total. The van der Waals surface area contributed by atoms with Gasteiger partial charge in [-0.05, 0) is 42.0 Å². The van der Waals surface area contributed by atoms with Crippen LogP contribution in [0.1, 0.15) is 35.2 Å². The van der Waals surface area contributed by atoms with E-state index in [2.05, 4.69) is 10.6 Å². The molecule has 0 fully saturated rings. The molecule has 1 unspecified atom stereocenters. The minimum atomic E-state index is -0.903. The zero-order valence-corrected chi connectivity index (χ0v) is 15.0. The first-order valence-electron chi connectivity index (χ1n) is 8.50. The van der Waals surface area contributed by atoms with E-state index >= 15 is 0 Å². The maximum absolute atomic E-state index is 13.4. The Kier molecular flexibility index (Phi) is 5.49. The molecule has 1 atom stereocenters. The van der Waals surface area contributed by atoms with E-state index in [1.54, 1.807) is 12.1 Å². The summed E-state index contributed by atoms with van der Waals surface area (Å²) in [5.74, 6) is -3.26. The average molecular weight is 384 g/mol. The maximum atomic E-state index is 13.4. The molecule has 0 saturated heterocycles. The number of halogens is 1. The van der Waals surface area contributed by atoms with Gasteiger partial charge in [-0.25, -0.2) is 4.39 Å². The Hall–Kier alpha value is -3.55. The van der Waals surface area contributed by atoms with E-state index in [-0.39, 0.29) is 18.0 Å². The second-order valence-corrected chi connectivity index (χ2v) is 6.33. The number of anilines is 2. The topological polar surface area (TPSA) is 102 Å². The molecule has 0 aromatic heterocycles. The van der Waals surface area contributed by atoms with Crippen molar-refractivity contribution in [3.8, 4) is 0 Å². The van der Waals surface area contributed by atoms with Crippen molar-refractivity contribution >= 4 is 34.9 Å². The first kappa shape index (κ1) is 19.2. The number of rotatable bonds is 5. The Labute approximate surface area is 159 Å². The molecule has 1 aliphatic heterocycles. The normalized spacial score (nSPS) is 15.2. The van der Waals surface area contributed by atoms with Gasteiger partial charge < -0.3 is 15.4 Å². The second-order valence-electron chi connectivity index (χ2n) is 6.33. The molecule has 0 aliphatic carbocycles. The van der Waals surface area contributed by atoms with Gasteiger partial charge in [0.15, 0.2) is 12.4 Å². The Morgan fingerprint density at radius 3 is 2.57 bits per heavy atom. The zero-order valence-electron chi connectivity index (χ0n) is 15.0. The van der Waals surface area contributed by atoms with Crippen molar-refractivity contribution in [3.63, 3.8) is 0 Å². The number of carbonyl (C=O) groups excluding carboxylic acids is 4. The molecule has 1 aliphatic rings. The summed E-state index contributed by atoms with van der Waals surface area (Å²) in [4.78, 5) is 47.4. The molecule has 0 spiro atoms. The number of hydrogen-bond acceptors (Lipinski definition) is 5. The summed E-state index contributed by atoms with van der Waals surface area (Å²) in [5, 5.41) is 5.09. The van der Waals surface area contributed by atoms with Crippen LogP contribution in [0.4, 0.5) is 15.8 Å². The molecule has 0 radical (unpaired) electrons. The van der Waals surface area contributed by atoms with Crippen LogP contribution in [0.5, 0.6) is 0 Å². The Morgan fingerprint density at radius 2 is 1.89 bits per heavy atom. The lowest BCUT2D eigenvalue weighted by molar-refractivity contribution is -0.145. The molecule has 7 nitrogen and oxygen atoms in total. The summed E-state index contributed by atoms with van der Waals surface area (Å²) in [7, 11) is 0. The number of fused-ring (bicyclic) bond motifs is 1. The number of hydrogen-bond donors (Lipinski definition) is 2. The standard InChI is InChI=1S/C20H17FN2O5/c1-11(24)22-14-5-2-12(3-6-14)18(25)10-28-20(27)16-9-19(26)23-17-8-13(21)4-7-15(16)17/h2-8,16H,9-10H2,1H3,(H,22,24)(H,23,26). The van der Waals surface area contributed by atoms with E-state index in [1.165, 1.54) is 31.2 Å². The smallest absolute Gasteiger partial charge is 0.314 e. The van der Waals surface area contributed by atoms with Gasteiger partial charge in [0.2, 0.25) is 11.8 Å². The number of Topliss-reactive ketones (excluding diaryl/α,β-unsaturated/α-hetero) is 1. The van der Waals surface area contributed by atoms with Crippen LogP contribution in [-0.4, -0.2) is 30.2 Å². The SMILES string of the molecule is CC(=O)Nc1ccc(C(=O)COC(=O)C2CC(=O)Nc3cc(F)ccc32)cc1. The molecule has 1 heterocycles. The number of ether oxygens (including phenoxy) is 1. The van der Waals surface area contributed by atoms with E-state index in [1.807, 2.05) is 0 Å². The predicted octanol–water partition coefficient (Wildman–Crippen LogP) is 2.64. The van der Waals surface area contributed by atoms with Crippen LogP contribution in [-0.2, 0) is 19.1 Å². The van der Waals surface area contributed by atoms with Gasteiger partial charge in [0, 0.05) is 30.3 Å². The van der Waals surface area contributed by atoms with Gasteiger partial charge in [0.25, 0.3) is 0 Å². The molecule has 0 saturated carbocycles. The van der Waals surface area contributed by atoms with Gasteiger partial charge in [-0.3, -0.25) is 19.2 Å². The molecule has 0 bridgehead atoms. The lowest BCUT2D eigenvalue weighted by Crippen LogP contribution is -2.29. The maximum Gasteiger partial charge on any atom is 0.314 e. The van der Waals surface area contributed by atoms with Gasteiger partial charge in [-0.2, -0.15) is 0 Å². The Morgan fingerprint density at radius 1 is 1.18 bits per heavy atom. The third kappa shape index (κ3) is 4.40. The van der Waals surface area contributed by atoms with Crippen molar-refractivity contribution in [2.75, 3.05) is 17.2 Å². The first-order chi connectivity index (χ1) is 13.3. The van der Waals surface area contributed by atoms with Crippen molar-refractivity contribution in [2.45, 2.75) is 19.3 Å². The van der Waals surface area contributed by atoms with Crippen LogP contribution < -0.4 is 10.6 Å². The molecule has 144 valence electrons. The number of carbonyl (C=O) groups is 4. The van der Waals surface area contributed by atoms with Gasteiger partial charge in [-0.15, -0.1) is 0 Å². The number of ketones is 1. The van der Waals surface area contributed by atoms with E-state index < -0.39 is 36.0 Å². The summed E-state index contributed by atoms with van der Waals surface area (Å²) in [6.07, 6.45) is -0.142. The summed E-state index contributed by atoms with van der Waals surface area (Å²) in [6, 6.07) is 9.88. The fourth-order valence-electron chi connectivity index (χ4n) is 2.91. The second kappa shape index (κ2) is 7.99. The zero-order chi connectivity index (χ0) is 20.3. The molecule has 2 aromatic carbocycles. The van der Waals surface area contributed by atoms with Crippen LogP contribution >= 0.6 is 0 Å². The minimum Gasteiger partial charge on any atom is -0.457 e. The number of esters is 1. The lowest BCUT2D eigenvalue weighted by Gasteiger charge is -2.24. The largest absolute Gasteiger partial charge is 0.457 e. The van der Waals surface area contributed by atoms with Crippen LogP contribution in [0, 0.1) is 5.82 Å². The fourth-order valence-corrected chi connectivity index (χ4v) is 2.91. The van der Waals surface area contributed by atoms with Crippen molar-refractivity contribution < 1.29 is 28.3 Å². The molecule has 3 rings (SSSR count). The number of amides is 2. The number of nitrogens with one attached hydrogen (secondary N) is 2. The predicted molar refractivity (Wildman–Crippen MR) is 98.4 cm³/mol. The summed E-state index contributed by atoms with van der Waals surface area (Å²) in [5.41, 5.74) is 1.51. The van der Waals surface area contributed by atoms with Crippen LogP contribution in [0.3, 0.4) is 0 Å².